The first-order chi connectivity index (χ1) is 9.45. The average Bonchev–Trinajstić information content (AvgIpc) is 2.35. The SMILES string of the molecule is Cc1ccc(C(=O)O)c(OCc2cc(F)cc(Br)c2)c1. The number of ether oxygens (including phenoxy) is 1. The molecular formula is C15H12BrFO3. The van der Waals surface area contributed by atoms with Gasteiger partial charge in [0, 0.05) is 4.47 Å². The molecule has 0 radical (unpaired) electrons. The van der Waals surface area contributed by atoms with Crippen LogP contribution in [0, 0.1) is 12.7 Å². The topological polar surface area (TPSA) is 46.5 Å². The van der Waals surface area contributed by atoms with Crippen molar-refractivity contribution in [2.75, 3.05) is 0 Å². The van der Waals surface area contributed by atoms with Crippen molar-refractivity contribution < 1.29 is 19.0 Å². The summed E-state index contributed by atoms with van der Waals surface area (Å²) < 4.78 is 19.4. The van der Waals surface area contributed by atoms with Crippen LogP contribution in [0.4, 0.5) is 4.39 Å². The largest absolute Gasteiger partial charge is 0.488 e. The Hall–Kier alpha value is -1.88. The number of carboxylic acids is 1. The first-order valence-corrected chi connectivity index (χ1v) is 6.67. The molecule has 0 aliphatic carbocycles. The van der Waals surface area contributed by atoms with Gasteiger partial charge in [0.05, 0.1) is 0 Å². The lowest BCUT2D eigenvalue weighted by Gasteiger charge is -2.10. The van der Waals surface area contributed by atoms with Crippen molar-refractivity contribution >= 4 is 21.9 Å². The predicted octanol–water partition coefficient (Wildman–Crippen LogP) is 4.17. The Morgan fingerprint density at radius 1 is 1.30 bits per heavy atom. The first kappa shape index (κ1) is 14.5. The van der Waals surface area contributed by atoms with Crippen molar-refractivity contribution in [2.45, 2.75) is 13.5 Å². The zero-order valence-corrected chi connectivity index (χ0v) is 12.3. The van der Waals surface area contributed by atoms with Gasteiger partial charge in [-0.25, -0.2) is 9.18 Å². The minimum absolute atomic E-state index is 0.0890. The molecule has 104 valence electrons. The number of carboxylic acid groups (broad SMARTS) is 1. The lowest BCUT2D eigenvalue weighted by Crippen LogP contribution is -2.04. The van der Waals surface area contributed by atoms with Crippen molar-refractivity contribution in [3.8, 4) is 5.75 Å². The number of aromatic carboxylic acids is 1. The summed E-state index contributed by atoms with van der Waals surface area (Å²) in [4.78, 5) is 11.1. The Balaban J connectivity index is 2.22. The van der Waals surface area contributed by atoms with E-state index in [4.69, 9.17) is 9.84 Å². The van der Waals surface area contributed by atoms with Crippen LogP contribution in [0.1, 0.15) is 21.5 Å². The summed E-state index contributed by atoms with van der Waals surface area (Å²) in [5, 5.41) is 9.09. The number of halogens is 2. The molecule has 0 bridgehead atoms. The molecule has 3 nitrogen and oxygen atoms in total. The molecule has 0 amide bonds. The molecule has 20 heavy (non-hydrogen) atoms. The lowest BCUT2D eigenvalue weighted by atomic mass is 10.1. The van der Waals surface area contributed by atoms with E-state index in [1.807, 2.05) is 6.92 Å². The molecule has 5 heteroatoms. The molecule has 0 aliphatic rings. The van der Waals surface area contributed by atoms with Gasteiger partial charge in [0.25, 0.3) is 0 Å². The van der Waals surface area contributed by atoms with E-state index in [9.17, 15) is 9.18 Å². The van der Waals surface area contributed by atoms with Gasteiger partial charge in [0.1, 0.15) is 23.7 Å². The van der Waals surface area contributed by atoms with Crippen LogP contribution in [-0.4, -0.2) is 11.1 Å². The molecule has 0 saturated carbocycles. The fourth-order valence-electron chi connectivity index (χ4n) is 1.78. The van der Waals surface area contributed by atoms with Crippen LogP contribution in [-0.2, 0) is 6.61 Å². The van der Waals surface area contributed by atoms with Gasteiger partial charge in [-0.15, -0.1) is 0 Å². The Kier molecular flexibility index (Phi) is 4.39. The Labute approximate surface area is 124 Å². The van der Waals surface area contributed by atoms with Crippen molar-refractivity contribution in [1.82, 2.24) is 0 Å². The third-order valence-electron chi connectivity index (χ3n) is 2.68. The van der Waals surface area contributed by atoms with E-state index in [0.29, 0.717) is 10.0 Å². The lowest BCUT2D eigenvalue weighted by molar-refractivity contribution is 0.0691. The van der Waals surface area contributed by atoms with E-state index in [1.54, 1.807) is 18.2 Å². The van der Waals surface area contributed by atoms with Crippen molar-refractivity contribution in [3.63, 3.8) is 0 Å². The maximum absolute atomic E-state index is 13.2. The average molecular weight is 339 g/mol. The number of hydrogen-bond donors (Lipinski definition) is 1. The maximum atomic E-state index is 13.2. The van der Waals surface area contributed by atoms with Gasteiger partial charge < -0.3 is 9.84 Å². The molecule has 0 atom stereocenters. The van der Waals surface area contributed by atoms with Gasteiger partial charge in [0.2, 0.25) is 0 Å². The minimum Gasteiger partial charge on any atom is -0.488 e. The van der Waals surface area contributed by atoms with Crippen molar-refractivity contribution in [1.29, 1.82) is 0 Å². The first-order valence-electron chi connectivity index (χ1n) is 5.87. The standard InChI is InChI=1S/C15H12BrFO3/c1-9-2-3-13(15(18)19)14(4-9)20-8-10-5-11(16)7-12(17)6-10/h2-7H,8H2,1H3,(H,18,19). The second-order valence-corrected chi connectivity index (χ2v) is 5.29. The second kappa shape index (κ2) is 6.05. The molecule has 0 aromatic heterocycles. The maximum Gasteiger partial charge on any atom is 0.339 e. The van der Waals surface area contributed by atoms with E-state index >= 15 is 0 Å². The summed E-state index contributed by atoms with van der Waals surface area (Å²) in [5.74, 6) is -1.15. The number of benzene rings is 2. The predicted molar refractivity (Wildman–Crippen MR) is 76.6 cm³/mol. The molecule has 0 spiro atoms. The summed E-state index contributed by atoms with van der Waals surface area (Å²) in [5.41, 5.74) is 1.60. The van der Waals surface area contributed by atoms with Crippen LogP contribution < -0.4 is 4.74 Å². The Bertz CT molecular complexity index is 635. The van der Waals surface area contributed by atoms with E-state index in [0.717, 1.165) is 5.56 Å². The molecule has 1 N–H and O–H groups in total. The number of aryl methyl sites for hydroxylation is 1. The molecule has 2 rings (SSSR count). The fourth-order valence-corrected chi connectivity index (χ4v) is 2.29. The van der Waals surface area contributed by atoms with Gasteiger partial charge in [0.15, 0.2) is 0 Å². The third-order valence-corrected chi connectivity index (χ3v) is 3.14. The highest BCUT2D eigenvalue weighted by Crippen LogP contribution is 2.22. The number of hydrogen-bond acceptors (Lipinski definition) is 2. The Morgan fingerprint density at radius 3 is 2.70 bits per heavy atom. The Morgan fingerprint density at radius 2 is 2.05 bits per heavy atom. The second-order valence-electron chi connectivity index (χ2n) is 4.37. The smallest absolute Gasteiger partial charge is 0.339 e. The summed E-state index contributed by atoms with van der Waals surface area (Å²) in [7, 11) is 0. The van der Waals surface area contributed by atoms with E-state index in [1.165, 1.54) is 18.2 Å². The van der Waals surface area contributed by atoms with E-state index in [-0.39, 0.29) is 23.7 Å². The summed E-state index contributed by atoms with van der Waals surface area (Å²) in [6, 6.07) is 9.26. The molecule has 0 fully saturated rings. The summed E-state index contributed by atoms with van der Waals surface area (Å²) >= 11 is 3.20. The van der Waals surface area contributed by atoms with E-state index in [2.05, 4.69) is 15.9 Å². The molecule has 0 heterocycles. The summed E-state index contributed by atoms with van der Waals surface area (Å²) in [6.45, 7) is 1.94. The minimum atomic E-state index is -1.06. The van der Waals surface area contributed by atoms with Crippen molar-refractivity contribution in [2.24, 2.45) is 0 Å². The zero-order valence-electron chi connectivity index (χ0n) is 10.7. The quantitative estimate of drug-likeness (QED) is 0.909. The van der Waals surface area contributed by atoms with Crippen LogP contribution in [0.25, 0.3) is 0 Å². The normalized spacial score (nSPS) is 10.3. The van der Waals surface area contributed by atoms with Crippen molar-refractivity contribution in [3.05, 3.63) is 63.4 Å². The van der Waals surface area contributed by atoms with Gasteiger partial charge in [-0.3, -0.25) is 0 Å². The monoisotopic (exact) mass is 338 g/mol. The highest BCUT2D eigenvalue weighted by Gasteiger charge is 2.11. The van der Waals surface area contributed by atoms with Gasteiger partial charge in [-0.05, 0) is 48.4 Å². The van der Waals surface area contributed by atoms with Crippen LogP contribution >= 0.6 is 15.9 Å². The third kappa shape index (κ3) is 3.57. The highest BCUT2D eigenvalue weighted by molar-refractivity contribution is 9.10. The van der Waals surface area contributed by atoms with Crippen LogP contribution in [0.15, 0.2) is 40.9 Å². The molecule has 0 unspecified atom stereocenters. The highest BCUT2D eigenvalue weighted by atomic mass is 79.9. The molecule has 2 aromatic rings. The van der Waals surface area contributed by atoms with Crippen LogP contribution in [0.3, 0.4) is 0 Å². The van der Waals surface area contributed by atoms with Gasteiger partial charge in [-0.1, -0.05) is 22.0 Å². The molecule has 0 aliphatic heterocycles. The van der Waals surface area contributed by atoms with Crippen LogP contribution in [0.5, 0.6) is 5.75 Å². The molecule has 0 saturated heterocycles. The zero-order chi connectivity index (χ0) is 14.7. The molecular weight excluding hydrogens is 327 g/mol. The molecule has 2 aromatic carbocycles. The number of carbonyl (C=O) groups is 1. The fraction of sp³-hybridized carbons (Fsp3) is 0.133. The van der Waals surface area contributed by atoms with Crippen LogP contribution in [0.2, 0.25) is 0 Å². The summed E-state index contributed by atoms with van der Waals surface area (Å²) in [6.07, 6.45) is 0. The van der Waals surface area contributed by atoms with Gasteiger partial charge in [-0.2, -0.15) is 0 Å². The number of rotatable bonds is 4. The van der Waals surface area contributed by atoms with Gasteiger partial charge >= 0.3 is 5.97 Å². The van der Waals surface area contributed by atoms with E-state index < -0.39 is 5.97 Å².